The molecule has 1 fully saturated rings. The zero-order valence-electron chi connectivity index (χ0n) is 20.5. The third-order valence-corrected chi connectivity index (χ3v) is 6.98. The molecule has 1 aliphatic rings. The van der Waals surface area contributed by atoms with Crippen LogP contribution in [0.4, 0.5) is 13.2 Å². The number of benzene rings is 3. The van der Waals surface area contributed by atoms with Crippen LogP contribution >= 0.6 is 0 Å². The highest BCUT2D eigenvalue weighted by molar-refractivity contribution is 5.72. The third-order valence-electron chi connectivity index (χ3n) is 6.98. The van der Waals surface area contributed by atoms with Gasteiger partial charge in [-0.3, -0.25) is 0 Å². The molecule has 1 saturated carbocycles. The SMILES string of the molecule is CCCCOc1ccc(-c2ccc(/C=C/c3ccc(C4CCC(C)CC4)c(F)c3F)cc2)cc1F. The molecule has 0 spiro atoms. The monoisotopic (exact) mass is 478 g/mol. The normalized spacial score (nSPS) is 18.2. The molecule has 3 aromatic carbocycles. The number of unbranched alkanes of at least 4 members (excludes halogenated alkanes) is 1. The molecule has 35 heavy (non-hydrogen) atoms. The Labute approximate surface area is 206 Å². The van der Waals surface area contributed by atoms with Gasteiger partial charge in [-0.1, -0.05) is 87.7 Å². The summed E-state index contributed by atoms with van der Waals surface area (Å²) in [5.74, 6) is -0.855. The van der Waals surface area contributed by atoms with Crippen molar-refractivity contribution < 1.29 is 17.9 Å². The molecule has 0 unspecified atom stereocenters. The lowest BCUT2D eigenvalue weighted by molar-refractivity contribution is 0.294. The van der Waals surface area contributed by atoms with Gasteiger partial charge in [0.1, 0.15) is 0 Å². The van der Waals surface area contributed by atoms with Crippen molar-refractivity contribution in [3.8, 4) is 16.9 Å². The maximum atomic E-state index is 14.8. The molecule has 0 aromatic heterocycles. The lowest BCUT2D eigenvalue weighted by Crippen LogP contribution is -2.13. The van der Waals surface area contributed by atoms with Crippen LogP contribution in [0.3, 0.4) is 0 Å². The van der Waals surface area contributed by atoms with Gasteiger partial charge in [-0.2, -0.15) is 0 Å². The fourth-order valence-electron chi connectivity index (χ4n) is 4.69. The summed E-state index contributed by atoms with van der Waals surface area (Å²) in [5.41, 5.74) is 3.20. The number of rotatable bonds is 8. The van der Waals surface area contributed by atoms with Crippen LogP contribution in [-0.2, 0) is 0 Å². The van der Waals surface area contributed by atoms with Gasteiger partial charge in [-0.25, -0.2) is 13.2 Å². The molecular weight excluding hydrogens is 445 g/mol. The molecule has 3 aromatic rings. The van der Waals surface area contributed by atoms with E-state index in [2.05, 4.69) is 13.8 Å². The Hall–Kier alpha value is -3.01. The summed E-state index contributed by atoms with van der Waals surface area (Å²) in [4.78, 5) is 0. The molecular formula is C31H33F3O. The second-order valence-corrected chi connectivity index (χ2v) is 9.63. The predicted octanol–water partition coefficient (Wildman–Crippen LogP) is 9.41. The fraction of sp³-hybridized carbons (Fsp3) is 0.355. The van der Waals surface area contributed by atoms with E-state index in [0.29, 0.717) is 18.1 Å². The zero-order chi connectivity index (χ0) is 24.8. The minimum atomic E-state index is -0.786. The van der Waals surface area contributed by atoms with Crippen LogP contribution in [0.5, 0.6) is 5.75 Å². The molecule has 0 saturated heterocycles. The summed E-state index contributed by atoms with van der Waals surface area (Å²) in [7, 11) is 0. The van der Waals surface area contributed by atoms with Crippen LogP contribution in [0.2, 0.25) is 0 Å². The summed E-state index contributed by atoms with van der Waals surface area (Å²) in [5, 5.41) is 0. The molecule has 4 rings (SSSR count). The van der Waals surface area contributed by atoms with Crippen molar-refractivity contribution in [1.29, 1.82) is 0 Å². The average Bonchev–Trinajstić information content (AvgIpc) is 2.87. The van der Waals surface area contributed by atoms with Gasteiger partial charge in [0.05, 0.1) is 6.61 Å². The molecule has 4 heteroatoms. The Balaban J connectivity index is 1.44. The Morgan fingerprint density at radius 1 is 0.829 bits per heavy atom. The minimum Gasteiger partial charge on any atom is -0.491 e. The lowest BCUT2D eigenvalue weighted by atomic mass is 9.79. The Morgan fingerprint density at radius 2 is 1.54 bits per heavy atom. The summed E-state index contributed by atoms with van der Waals surface area (Å²) in [6, 6.07) is 15.9. The predicted molar refractivity (Wildman–Crippen MR) is 138 cm³/mol. The highest BCUT2D eigenvalue weighted by Crippen LogP contribution is 2.37. The van der Waals surface area contributed by atoms with Gasteiger partial charge in [0.25, 0.3) is 0 Å². The maximum Gasteiger partial charge on any atom is 0.166 e. The van der Waals surface area contributed by atoms with E-state index < -0.39 is 11.6 Å². The van der Waals surface area contributed by atoms with Crippen molar-refractivity contribution in [3.63, 3.8) is 0 Å². The molecule has 0 N–H and O–H groups in total. The van der Waals surface area contributed by atoms with E-state index in [4.69, 9.17) is 4.74 Å². The topological polar surface area (TPSA) is 9.23 Å². The minimum absolute atomic E-state index is 0.105. The number of ether oxygens (including phenoxy) is 1. The molecule has 0 atom stereocenters. The quantitative estimate of drug-likeness (QED) is 0.231. The first-order valence-electron chi connectivity index (χ1n) is 12.6. The van der Waals surface area contributed by atoms with E-state index >= 15 is 0 Å². The molecule has 1 nitrogen and oxygen atoms in total. The van der Waals surface area contributed by atoms with E-state index in [-0.39, 0.29) is 23.0 Å². The van der Waals surface area contributed by atoms with Crippen LogP contribution in [0.1, 0.15) is 75.0 Å². The second-order valence-electron chi connectivity index (χ2n) is 9.63. The van der Waals surface area contributed by atoms with E-state index in [1.165, 1.54) is 6.07 Å². The molecule has 0 radical (unpaired) electrons. The van der Waals surface area contributed by atoms with Gasteiger partial charge in [0.15, 0.2) is 23.2 Å². The number of hydrogen-bond acceptors (Lipinski definition) is 1. The Bertz CT molecular complexity index is 1160. The van der Waals surface area contributed by atoms with Crippen LogP contribution in [-0.4, -0.2) is 6.61 Å². The molecule has 0 bridgehead atoms. The van der Waals surface area contributed by atoms with Crippen molar-refractivity contribution in [2.75, 3.05) is 6.61 Å². The largest absolute Gasteiger partial charge is 0.491 e. The van der Waals surface area contributed by atoms with Crippen molar-refractivity contribution in [2.45, 2.75) is 58.3 Å². The van der Waals surface area contributed by atoms with Crippen molar-refractivity contribution >= 4 is 12.2 Å². The van der Waals surface area contributed by atoms with Gasteiger partial charge < -0.3 is 4.74 Å². The Kier molecular flexibility index (Phi) is 8.33. The highest BCUT2D eigenvalue weighted by Gasteiger charge is 2.24. The van der Waals surface area contributed by atoms with Gasteiger partial charge in [-0.05, 0) is 65.5 Å². The highest BCUT2D eigenvalue weighted by atomic mass is 19.2. The zero-order valence-corrected chi connectivity index (χ0v) is 20.5. The number of hydrogen-bond donors (Lipinski definition) is 0. The third kappa shape index (κ3) is 6.17. The summed E-state index contributed by atoms with van der Waals surface area (Å²) >= 11 is 0. The van der Waals surface area contributed by atoms with Crippen LogP contribution in [0, 0.1) is 23.4 Å². The first kappa shape index (κ1) is 25.1. The van der Waals surface area contributed by atoms with Crippen LogP contribution in [0.15, 0.2) is 54.6 Å². The van der Waals surface area contributed by atoms with Gasteiger partial charge in [0.2, 0.25) is 0 Å². The summed E-state index contributed by atoms with van der Waals surface area (Å²) in [6.45, 7) is 4.78. The van der Waals surface area contributed by atoms with Gasteiger partial charge >= 0.3 is 0 Å². The first-order valence-corrected chi connectivity index (χ1v) is 12.6. The molecule has 0 aliphatic heterocycles. The van der Waals surface area contributed by atoms with E-state index in [0.717, 1.165) is 55.2 Å². The lowest BCUT2D eigenvalue weighted by Gasteiger charge is -2.27. The molecule has 0 heterocycles. The van der Waals surface area contributed by atoms with Crippen molar-refractivity contribution in [3.05, 3.63) is 88.7 Å². The molecule has 1 aliphatic carbocycles. The average molecular weight is 479 g/mol. The number of halogens is 3. The van der Waals surface area contributed by atoms with Gasteiger partial charge in [-0.15, -0.1) is 0 Å². The first-order chi connectivity index (χ1) is 17.0. The van der Waals surface area contributed by atoms with E-state index in [1.54, 1.807) is 30.4 Å². The Morgan fingerprint density at radius 3 is 2.23 bits per heavy atom. The van der Waals surface area contributed by atoms with Crippen LogP contribution < -0.4 is 4.74 Å². The smallest absolute Gasteiger partial charge is 0.166 e. The maximum absolute atomic E-state index is 14.8. The van der Waals surface area contributed by atoms with Crippen molar-refractivity contribution in [2.24, 2.45) is 5.92 Å². The summed E-state index contributed by atoms with van der Waals surface area (Å²) < 4.78 is 49.5. The van der Waals surface area contributed by atoms with E-state index in [1.807, 2.05) is 30.3 Å². The second kappa shape index (κ2) is 11.6. The summed E-state index contributed by atoms with van der Waals surface area (Å²) in [6.07, 6.45) is 9.19. The molecule has 184 valence electrons. The van der Waals surface area contributed by atoms with Gasteiger partial charge in [0, 0.05) is 5.56 Å². The van der Waals surface area contributed by atoms with E-state index in [9.17, 15) is 13.2 Å². The fourth-order valence-corrected chi connectivity index (χ4v) is 4.69. The molecule has 0 amide bonds. The van der Waals surface area contributed by atoms with Crippen LogP contribution in [0.25, 0.3) is 23.3 Å². The standard InChI is InChI=1S/C31H33F3O/c1-3-4-19-35-29-18-16-26(20-28(29)32)23-12-7-22(8-13-23)9-14-25-15-17-27(31(34)30(25)33)24-10-5-21(2)6-11-24/h7-9,12-18,20-21,24H,3-6,10-11,19H2,1-2H3/b14-9+. The van der Waals surface area contributed by atoms with Crippen molar-refractivity contribution in [1.82, 2.24) is 0 Å².